The molecular weight excluding hydrogens is 378 g/mol. The molecule has 30 heavy (non-hydrogen) atoms. The number of hydrogen-bond acceptors (Lipinski definition) is 4. The third kappa shape index (κ3) is 5.00. The second-order valence-electron chi connectivity index (χ2n) is 7.36. The first kappa shape index (κ1) is 21.0. The molecule has 0 aliphatic heterocycles. The summed E-state index contributed by atoms with van der Waals surface area (Å²) in [5.41, 5.74) is 7.85. The minimum atomic E-state index is -0.816. The predicted molar refractivity (Wildman–Crippen MR) is 117 cm³/mol. The summed E-state index contributed by atoms with van der Waals surface area (Å²) in [5.74, 6) is -1.54. The monoisotopic (exact) mass is 403 g/mol. The van der Waals surface area contributed by atoms with Crippen molar-refractivity contribution >= 4 is 18.0 Å². The van der Waals surface area contributed by atoms with Gasteiger partial charge in [-0.15, -0.1) is 0 Å². The van der Waals surface area contributed by atoms with Crippen molar-refractivity contribution in [3.8, 4) is 16.9 Å². The maximum Gasteiger partial charge on any atom is 0.329 e. The Kier molecular flexibility index (Phi) is 6.41. The summed E-state index contributed by atoms with van der Waals surface area (Å²) < 4.78 is 1.77. The van der Waals surface area contributed by atoms with Gasteiger partial charge in [0, 0.05) is 23.4 Å². The standard InChI is InChI=1S/C23H25N5O2/c1-15(2)25-22(29)23(30)26-24-13-18-14-28(19-8-6-5-7-9-19)27-21(18)20-11-10-16(3)12-17(20)4/h5-15H,1-4H3,(H,25,29)(H,26,30)/b24-13-. The molecule has 0 unspecified atom stereocenters. The minimum Gasteiger partial charge on any atom is -0.346 e. The number of rotatable bonds is 5. The molecule has 0 spiro atoms. The minimum absolute atomic E-state index is 0.132. The van der Waals surface area contributed by atoms with E-state index in [0.717, 1.165) is 33.6 Å². The molecule has 3 rings (SSSR count). The molecule has 1 aromatic heterocycles. The lowest BCUT2D eigenvalue weighted by Crippen LogP contribution is -2.41. The zero-order chi connectivity index (χ0) is 21.7. The van der Waals surface area contributed by atoms with E-state index in [1.807, 2.05) is 62.5 Å². The molecule has 2 aromatic carbocycles. The highest BCUT2D eigenvalue weighted by molar-refractivity contribution is 6.35. The zero-order valence-electron chi connectivity index (χ0n) is 17.5. The van der Waals surface area contributed by atoms with Gasteiger partial charge in [-0.25, -0.2) is 10.1 Å². The number of benzene rings is 2. The summed E-state index contributed by atoms with van der Waals surface area (Å²) >= 11 is 0. The lowest BCUT2D eigenvalue weighted by molar-refractivity contribution is -0.139. The Morgan fingerprint density at radius 2 is 1.80 bits per heavy atom. The number of carbonyl (C=O) groups excluding carboxylic acids is 2. The van der Waals surface area contributed by atoms with Crippen molar-refractivity contribution in [2.45, 2.75) is 33.7 Å². The van der Waals surface area contributed by atoms with Crippen LogP contribution >= 0.6 is 0 Å². The number of hydrogen-bond donors (Lipinski definition) is 2. The SMILES string of the molecule is Cc1ccc(-c2nn(-c3ccccc3)cc2/C=N\NC(=O)C(=O)NC(C)C)c(C)c1. The predicted octanol–water partition coefficient (Wildman–Crippen LogP) is 3.13. The van der Waals surface area contributed by atoms with Gasteiger partial charge in [-0.05, 0) is 45.4 Å². The van der Waals surface area contributed by atoms with Crippen LogP contribution in [-0.4, -0.2) is 33.9 Å². The van der Waals surface area contributed by atoms with E-state index >= 15 is 0 Å². The number of hydrazone groups is 1. The van der Waals surface area contributed by atoms with Gasteiger partial charge < -0.3 is 5.32 Å². The van der Waals surface area contributed by atoms with Crippen LogP contribution < -0.4 is 10.7 Å². The molecule has 0 atom stereocenters. The van der Waals surface area contributed by atoms with Crippen LogP contribution in [0.5, 0.6) is 0 Å². The topological polar surface area (TPSA) is 88.4 Å². The molecule has 3 aromatic rings. The summed E-state index contributed by atoms with van der Waals surface area (Å²) in [7, 11) is 0. The van der Waals surface area contributed by atoms with Crippen LogP contribution in [0.15, 0.2) is 59.8 Å². The smallest absolute Gasteiger partial charge is 0.329 e. The highest BCUT2D eigenvalue weighted by Crippen LogP contribution is 2.26. The fraction of sp³-hybridized carbons (Fsp3) is 0.217. The van der Waals surface area contributed by atoms with Gasteiger partial charge in [0.25, 0.3) is 0 Å². The van der Waals surface area contributed by atoms with Crippen LogP contribution in [0.2, 0.25) is 0 Å². The van der Waals surface area contributed by atoms with E-state index in [0.29, 0.717) is 0 Å². The molecule has 0 aliphatic carbocycles. The molecule has 0 aliphatic rings. The molecule has 7 heteroatoms. The maximum atomic E-state index is 11.9. The van der Waals surface area contributed by atoms with Gasteiger partial charge >= 0.3 is 11.8 Å². The summed E-state index contributed by atoms with van der Waals surface area (Å²) in [6.07, 6.45) is 3.34. The number of para-hydroxylation sites is 1. The molecular formula is C23H25N5O2. The van der Waals surface area contributed by atoms with Crippen molar-refractivity contribution in [2.24, 2.45) is 5.10 Å². The van der Waals surface area contributed by atoms with Crippen LogP contribution in [0.1, 0.15) is 30.5 Å². The molecule has 0 radical (unpaired) electrons. The molecule has 0 saturated carbocycles. The van der Waals surface area contributed by atoms with Crippen LogP contribution in [0.25, 0.3) is 16.9 Å². The molecule has 154 valence electrons. The number of aryl methyl sites for hydroxylation is 2. The Balaban J connectivity index is 1.93. The van der Waals surface area contributed by atoms with Gasteiger partial charge in [-0.1, -0.05) is 42.0 Å². The van der Waals surface area contributed by atoms with Crippen molar-refractivity contribution in [3.63, 3.8) is 0 Å². The third-order valence-corrected chi connectivity index (χ3v) is 4.40. The third-order valence-electron chi connectivity index (χ3n) is 4.40. The summed E-state index contributed by atoms with van der Waals surface area (Å²) in [6, 6.07) is 15.7. The van der Waals surface area contributed by atoms with Crippen LogP contribution in [0.3, 0.4) is 0 Å². The number of nitrogens with one attached hydrogen (secondary N) is 2. The Morgan fingerprint density at radius 3 is 2.47 bits per heavy atom. The van der Waals surface area contributed by atoms with Crippen molar-refractivity contribution < 1.29 is 9.59 Å². The molecule has 0 bridgehead atoms. The van der Waals surface area contributed by atoms with E-state index in [-0.39, 0.29) is 6.04 Å². The van der Waals surface area contributed by atoms with E-state index in [1.165, 1.54) is 6.21 Å². The van der Waals surface area contributed by atoms with Crippen LogP contribution in [-0.2, 0) is 9.59 Å². The first-order valence-corrected chi connectivity index (χ1v) is 9.71. The molecule has 0 fully saturated rings. The summed E-state index contributed by atoms with van der Waals surface area (Å²) in [4.78, 5) is 23.6. The highest BCUT2D eigenvalue weighted by atomic mass is 16.2. The fourth-order valence-corrected chi connectivity index (χ4v) is 3.02. The quantitative estimate of drug-likeness (QED) is 0.390. The molecule has 2 N–H and O–H groups in total. The van der Waals surface area contributed by atoms with E-state index in [9.17, 15) is 9.59 Å². The summed E-state index contributed by atoms with van der Waals surface area (Å²) in [5, 5.41) is 11.2. The molecule has 2 amide bonds. The van der Waals surface area contributed by atoms with Gasteiger partial charge in [-0.2, -0.15) is 10.2 Å². The lowest BCUT2D eigenvalue weighted by Gasteiger charge is -2.06. The van der Waals surface area contributed by atoms with Gasteiger partial charge in [0.15, 0.2) is 0 Å². The molecule has 7 nitrogen and oxygen atoms in total. The normalized spacial score (nSPS) is 11.1. The lowest BCUT2D eigenvalue weighted by atomic mass is 10.0. The highest BCUT2D eigenvalue weighted by Gasteiger charge is 2.15. The molecule has 0 saturated heterocycles. The maximum absolute atomic E-state index is 11.9. The fourth-order valence-electron chi connectivity index (χ4n) is 3.02. The van der Waals surface area contributed by atoms with Crippen molar-refractivity contribution in [3.05, 3.63) is 71.4 Å². The Labute approximate surface area is 175 Å². The van der Waals surface area contributed by atoms with Crippen molar-refractivity contribution in [2.75, 3.05) is 0 Å². The van der Waals surface area contributed by atoms with Crippen molar-refractivity contribution in [1.82, 2.24) is 20.5 Å². The summed E-state index contributed by atoms with van der Waals surface area (Å²) in [6.45, 7) is 7.63. The first-order valence-electron chi connectivity index (χ1n) is 9.71. The second kappa shape index (κ2) is 9.17. The average Bonchev–Trinajstić information content (AvgIpc) is 3.12. The van der Waals surface area contributed by atoms with E-state index in [1.54, 1.807) is 18.5 Å². The molecule has 1 heterocycles. The van der Waals surface area contributed by atoms with E-state index < -0.39 is 11.8 Å². The van der Waals surface area contributed by atoms with Crippen LogP contribution in [0, 0.1) is 13.8 Å². The van der Waals surface area contributed by atoms with Gasteiger partial charge in [0.05, 0.1) is 11.9 Å². The van der Waals surface area contributed by atoms with E-state index in [4.69, 9.17) is 5.10 Å². The number of nitrogens with zero attached hydrogens (tertiary/aromatic N) is 3. The number of carbonyl (C=O) groups is 2. The van der Waals surface area contributed by atoms with Crippen molar-refractivity contribution in [1.29, 1.82) is 0 Å². The average molecular weight is 403 g/mol. The first-order chi connectivity index (χ1) is 14.3. The largest absolute Gasteiger partial charge is 0.346 e. The second-order valence-corrected chi connectivity index (χ2v) is 7.36. The van der Waals surface area contributed by atoms with Gasteiger partial charge in [-0.3, -0.25) is 9.59 Å². The van der Waals surface area contributed by atoms with E-state index in [2.05, 4.69) is 21.9 Å². The van der Waals surface area contributed by atoms with Gasteiger partial charge in [0.1, 0.15) is 5.69 Å². The van der Waals surface area contributed by atoms with Crippen LogP contribution in [0.4, 0.5) is 0 Å². The Bertz CT molecular complexity index is 1080. The number of aromatic nitrogens is 2. The zero-order valence-corrected chi connectivity index (χ0v) is 17.5. The number of amides is 2. The Morgan fingerprint density at radius 1 is 1.07 bits per heavy atom. The van der Waals surface area contributed by atoms with Gasteiger partial charge in [0.2, 0.25) is 0 Å². The Hall–Kier alpha value is -3.74.